The van der Waals surface area contributed by atoms with E-state index in [9.17, 15) is 14.3 Å². The maximum Gasteiger partial charge on any atom is 0.307 e. The van der Waals surface area contributed by atoms with Gasteiger partial charge in [-0.3, -0.25) is 4.79 Å². The number of halogens is 1. The molecule has 0 amide bonds. The van der Waals surface area contributed by atoms with Gasteiger partial charge in [-0.25, -0.2) is 4.39 Å². The van der Waals surface area contributed by atoms with E-state index in [1.807, 2.05) is 29.7 Å². The van der Waals surface area contributed by atoms with Gasteiger partial charge >= 0.3 is 5.97 Å². The summed E-state index contributed by atoms with van der Waals surface area (Å²) in [6.07, 6.45) is -0.0836. The molecule has 3 aromatic rings. The van der Waals surface area contributed by atoms with E-state index in [1.54, 1.807) is 25.3 Å². The van der Waals surface area contributed by atoms with Crippen molar-refractivity contribution < 1.29 is 19.0 Å². The van der Waals surface area contributed by atoms with E-state index in [1.165, 1.54) is 6.07 Å². The minimum atomic E-state index is -0.897. The number of fused-ring (bicyclic) bond motifs is 1. The van der Waals surface area contributed by atoms with Crippen molar-refractivity contribution in [1.82, 2.24) is 4.57 Å². The van der Waals surface area contributed by atoms with Crippen LogP contribution in [-0.2, 0) is 17.8 Å². The van der Waals surface area contributed by atoms with Crippen molar-refractivity contribution in [2.75, 3.05) is 7.11 Å². The molecule has 0 saturated heterocycles. The van der Waals surface area contributed by atoms with E-state index in [-0.39, 0.29) is 12.2 Å². The molecule has 1 N–H and O–H groups in total. The molecule has 0 aliphatic carbocycles. The number of aromatic nitrogens is 1. The molecule has 0 unspecified atom stereocenters. The van der Waals surface area contributed by atoms with Crippen LogP contribution in [0.4, 0.5) is 4.39 Å². The van der Waals surface area contributed by atoms with Crippen molar-refractivity contribution in [3.8, 4) is 5.75 Å². The van der Waals surface area contributed by atoms with Crippen LogP contribution >= 0.6 is 0 Å². The third kappa shape index (κ3) is 2.85. The lowest BCUT2D eigenvalue weighted by Crippen LogP contribution is -2.06. The molecule has 3 rings (SSSR count). The van der Waals surface area contributed by atoms with E-state index < -0.39 is 5.97 Å². The maximum absolute atomic E-state index is 14.0. The Bertz CT molecular complexity index is 914. The van der Waals surface area contributed by atoms with Gasteiger partial charge in [-0.2, -0.15) is 0 Å². The number of nitrogens with zero attached hydrogens (tertiary/aromatic N) is 1. The fourth-order valence-electron chi connectivity index (χ4n) is 3.03. The largest absolute Gasteiger partial charge is 0.497 e. The third-order valence-electron chi connectivity index (χ3n) is 4.28. The van der Waals surface area contributed by atoms with Gasteiger partial charge in [0, 0.05) is 22.2 Å². The predicted octanol–water partition coefficient (Wildman–Crippen LogP) is 3.77. The molecule has 24 heavy (non-hydrogen) atoms. The Morgan fingerprint density at radius 3 is 2.67 bits per heavy atom. The summed E-state index contributed by atoms with van der Waals surface area (Å²) in [6.45, 7) is 2.21. The molecular formula is C19H18FNO3. The second-order valence-electron chi connectivity index (χ2n) is 5.70. The van der Waals surface area contributed by atoms with Gasteiger partial charge in [-0.05, 0) is 36.8 Å². The quantitative estimate of drug-likeness (QED) is 0.776. The molecule has 1 heterocycles. The van der Waals surface area contributed by atoms with Gasteiger partial charge in [-0.15, -0.1) is 0 Å². The Balaban J connectivity index is 2.18. The fourth-order valence-corrected chi connectivity index (χ4v) is 3.03. The first-order valence-corrected chi connectivity index (χ1v) is 7.62. The summed E-state index contributed by atoms with van der Waals surface area (Å²) >= 11 is 0. The highest BCUT2D eigenvalue weighted by Gasteiger charge is 2.18. The van der Waals surface area contributed by atoms with Crippen LogP contribution in [0.3, 0.4) is 0 Å². The second kappa shape index (κ2) is 6.35. The molecule has 0 fully saturated rings. The number of hydrogen-bond donors (Lipinski definition) is 1. The zero-order valence-corrected chi connectivity index (χ0v) is 13.5. The van der Waals surface area contributed by atoms with Gasteiger partial charge < -0.3 is 14.4 Å². The van der Waals surface area contributed by atoms with Crippen LogP contribution in [0.25, 0.3) is 10.9 Å². The van der Waals surface area contributed by atoms with Gasteiger partial charge in [0.15, 0.2) is 0 Å². The highest BCUT2D eigenvalue weighted by molar-refractivity contribution is 5.90. The van der Waals surface area contributed by atoms with Gasteiger partial charge in [-0.1, -0.05) is 18.2 Å². The average molecular weight is 327 g/mol. The van der Waals surface area contributed by atoms with Crippen LogP contribution in [0.15, 0.2) is 42.5 Å². The van der Waals surface area contributed by atoms with Gasteiger partial charge in [0.25, 0.3) is 0 Å². The molecule has 124 valence electrons. The molecule has 0 aliphatic heterocycles. The van der Waals surface area contributed by atoms with Crippen molar-refractivity contribution in [3.05, 3.63) is 65.1 Å². The zero-order valence-electron chi connectivity index (χ0n) is 13.5. The Morgan fingerprint density at radius 2 is 2.00 bits per heavy atom. The van der Waals surface area contributed by atoms with Crippen LogP contribution in [0.1, 0.15) is 16.8 Å². The van der Waals surface area contributed by atoms with Crippen LogP contribution in [0.5, 0.6) is 5.75 Å². The van der Waals surface area contributed by atoms with E-state index in [0.29, 0.717) is 17.9 Å². The number of carboxylic acids is 1. The molecule has 0 radical (unpaired) electrons. The lowest BCUT2D eigenvalue weighted by atomic mass is 10.1. The molecule has 1 aromatic heterocycles. The molecule has 0 saturated carbocycles. The Hall–Kier alpha value is -2.82. The van der Waals surface area contributed by atoms with Crippen molar-refractivity contribution in [3.63, 3.8) is 0 Å². The Kier molecular flexibility index (Phi) is 4.25. The molecule has 5 heteroatoms. The summed E-state index contributed by atoms with van der Waals surface area (Å²) in [5.74, 6) is -0.505. The summed E-state index contributed by atoms with van der Waals surface area (Å²) in [5.41, 5.74) is 2.99. The molecule has 0 atom stereocenters. The number of ether oxygens (including phenoxy) is 1. The lowest BCUT2D eigenvalue weighted by molar-refractivity contribution is -0.136. The van der Waals surface area contributed by atoms with Crippen LogP contribution < -0.4 is 4.74 Å². The zero-order chi connectivity index (χ0) is 17.3. The summed E-state index contributed by atoms with van der Waals surface area (Å²) in [6, 6.07) is 12.1. The minimum absolute atomic E-state index is 0.0836. The molecule has 0 bridgehead atoms. The number of hydrogen-bond acceptors (Lipinski definition) is 2. The smallest absolute Gasteiger partial charge is 0.307 e. The van der Waals surface area contributed by atoms with Gasteiger partial charge in [0.2, 0.25) is 0 Å². The second-order valence-corrected chi connectivity index (χ2v) is 5.70. The van der Waals surface area contributed by atoms with Crippen LogP contribution in [0.2, 0.25) is 0 Å². The number of benzene rings is 2. The lowest BCUT2D eigenvalue weighted by Gasteiger charge is -2.10. The van der Waals surface area contributed by atoms with E-state index >= 15 is 0 Å². The fraction of sp³-hybridized carbons (Fsp3) is 0.211. The maximum atomic E-state index is 14.0. The molecule has 4 nitrogen and oxygen atoms in total. The summed E-state index contributed by atoms with van der Waals surface area (Å²) in [4.78, 5) is 11.2. The molecule has 0 aliphatic rings. The first-order chi connectivity index (χ1) is 11.5. The predicted molar refractivity (Wildman–Crippen MR) is 90.1 cm³/mol. The van der Waals surface area contributed by atoms with E-state index in [4.69, 9.17) is 4.74 Å². The van der Waals surface area contributed by atoms with Crippen molar-refractivity contribution in [2.24, 2.45) is 0 Å². The number of methoxy groups -OCH3 is 1. The third-order valence-corrected chi connectivity index (χ3v) is 4.28. The first-order valence-electron chi connectivity index (χ1n) is 7.62. The van der Waals surface area contributed by atoms with Crippen LogP contribution in [-0.4, -0.2) is 22.8 Å². The first kappa shape index (κ1) is 16.1. The minimum Gasteiger partial charge on any atom is -0.497 e. The normalized spacial score (nSPS) is 11.0. The molecule has 2 aromatic carbocycles. The van der Waals surface area contributed by atoms with Gasteiger partial charge in [0.05, 0.1) is 20.1 Å². The summed E-state index contributed by atoms with van der Waals surface area (Å²) in [7, 11) is 1.57. The summed E-state index contributed by atoms with van der Waals surface area (Å²) in [5, 5.41) is 10.0. The topological polar surface area (TPSA) is 51.5 Å². The molecular weight excluding hydrogens is 309 g/mol. The Labute approximate surface area is 139 Å². The van der Waals surface area contributed by atoms with Gasteiger partial charge in [0.1, 0.15) is 11.6 Å². The average Bonchev–Trinajstić information content (AvgIpc) is 2.81. The SMILES string of the molecule is COc1ccc2c(c1)c(CC(=O)O)c(C)n2Cc1ccccc1F. The summed E-state index contributed by atoms with van der Waals surface area (Å²) < 4.78 is 21.2. The Morgan fingerprint density at radius 1 is 1.25 bits per heavy atom. The monoisotopic (exact) mass is 327 g/mol. The van der Waals surface area contributed by atoms with Crippen molar-refractivity contribution >= 4 is 16.9 Å². The van der Waals surface area contributed by atoms with Crippen molar-refractivity contribution in [1.29, 1.82) is 0 Å². The van der Waals surface area contributed by atoms with Crippen LogP contribution in [0, 0.1) is 12.7 Å². The highest BCUT2D eigenvalue weighted by Crippen LogP contribution is 2.30. The standard InChI is InChI=1S/C19H18FNO3/c1-12-15(10-19(22)23)16-9-14(24-2)7-8-18(16)21(12)11-13-5-3-4-6-17(13)20/h3-9H,10-11H2,1-2H3,(H,22,23). The van der Waals surface area contributed by atoms with Crippen molar-refractivity contribution in [2.45, 2.75) is 19.9 Å². The highest BCUT2D eigenvalue weighted by atomic mass is 19.1. The molecule has 0 spiro atoms. The number of carbonyl (C=O) groups is 1. The number of rotatable bonds is 5. The van der Waals surface area contributed by atoms with E-state index in [2.05, 4.69) is 0 Å². The number of aliphatic carboxylic acids is 1. The number of carboxylic acid groups (broad SMARTS) is 1. The van der Waals surface area contributed by atoms with E-state index in [0.717, 1.165) is 22.2 Å².